The second kappa shape index (κ2) is 13.1. The van der Waals surface area contributed by atoms with Gasteiger partial charge in [-0.1, -0.05) is 6.07 Å². The topological polar surface area (TPSA) is 238 Å². The smallest absolute Gasteiger partial charge is 0.245 e. The second-order valence-electron chi connectivity index (χ2n) is 12.0. The predicted molar refractivity (Wildman–Crippen MR) is 161 cm³/mol. The van der Waals surface area contributed by atoms with E-state index < -0.39 is 73.7 Å². The van der Waals surface area contributed by atoms with Gasteiger partial charge in [-0.2, -0.15) is 0 Å². The van der Waals surface area contributed by atoms with Gasteiger partial charge in [0.2, 0.25) is 18.3 Å². The number of nitrogens with two attached hydrogens (primary N) is 1. The first-order valence-electron chi connectivity index (χ1n) is 14.7. The Balaban J connectivity index is 1.33. The van der Waals surface area contributed by atoms with E-state index in [1.165, 1.54) is 6.92 Å². The van der Waals surface area contributed by atoms with Gasteiger partial charge in [-0.05, 0) is 85.5 Å². The third-order valence-corrected chi connectivity index (χ3v) is 8.50. The van der Waals surface area contributed by atoms with Crippen molar-refractivity contribution in [2.24, 2.45) is 5.73 Å². The van der Waals surface area contributed by atoms with Crippen LogP contribution in [0.4, 0.5) is 0 Å². The van der Waals surface area contributed by atoms with Crippen LogP contribution in [0, 0.1) is 13.8 Å². The molecule has 3 heterocycles. The van der Waals surface area contributed by atoms with Crippen LogP contribution in [0.1, 0.15) is 18.1 Å². The van der Waals surface area contributed by atoms with Crippen LogP contribution in [0.3, 0.4) is 0 Å². The highest BCUT2D eigenvalue weighted by molar-refractivity contribution is 5.72. The highest BCUT2D eigenvalue weighted by atomic mass is 16.7. The number of rotatable bonds is 8. The molecule has 0 aliphatic carbocycles. The van der Waals surface area contributed by atoms with E-state index in [9.17, 15) is 40.9 Å². The molecular weight excluding hydrogens is 604 g/mol. The number of nitrogens with zero attached hydrogens (tertiary/aromatic N) is 1. The van der Waals surface area contributed by atoms with Gasteiger partial charge in [-0.15, -0.1) is 0 Å². The fourth-order valence-electron chi connectivity index (χ4n) is 5.50. The highest BCUT2D eigenvalue weighted by Gasteiger charge is 2.55. The third kappa shape index (κ3) is 6.34. The van der Waals surface area contributed by atoms with E-state index in [2.05, 4.69) is 4.98 Å². The molecule has 2 aliphatic heterocycles. The van der Waals surface area contributed by atoms with Gasteiger partial charge < -0.3 is 59.8 Å². The van der Waals surface area contributed by atoms with E-state index in [4.69, 9.17) is 24.7 Å². The first-order valence-corrected chi connectivity index (χ1v) is 14.7. The van der Waals surface area contributed by atoms with Crippen LogP contribution < -0.4 is 15.2 Å². The zero-order chi connectivity index (χ0) is 33.6. The minimum absolute atomic E-state index is 0.286. The fourth-order valence-corrected chi connectivity index (χ4v) is 5.50. The van der Waals surface area contributed by atoms with Crippen LogP contribution in [-0.4, -0.2) is 120 Å². The van der Waals surface area contributed by atoms with Crippen LogP contribution in [0.2, 0.25) is 0 Å². The van der Waals surface area contributed by atoms with Crippen molar-refractivity contribution in [3.63, 3.8) is 0 Å². The van der Waals surface area contributed by atoms with Crippen molar-refractivity contribution in [1.82, 2.24) is 4.98 Å². The van der Waals surface area contributed by atoms with E-state index >= 15 is 0 Å². The molecule has 0 radical (unpaired) electrons. The van der Waals surface area contributed by atoms with Gasteiger partial charge in [0.1, 0.15) is 48.1 Å². The molecule has 10 atom stereocenters. The van der Waals surface area contributed by atoms with Gasteiger partial charge >= 0.3 is 0 Å². The minimum Gasteiger partial charge on any atom is -0.461 e. The fraction of sp³-hybridized carbons (Fsp3) is 0.469. The lowest BCUT2D eigenvalue weighted by molar-refractivity contribution is -0.319. The number of aliphatic hydroxyl groups excluding tert-OH is 6. The number of hydrogen-bond acceptors (Lipinski definition) is 14. The van der Waals surface area contributed by atoms with Crippen molar-refractivity contribution in [1.29, 1.82) is 0 Å². The van der Waals surface area contributed by atoms with Gasteiger partial charge in [0.05, 0.1) is 18.9 Å². The molecule has 2 saturated heterocycles. The molecule has 3 aromatic rings. The first kappa shape index (κ1) is 34.1. The molecule has 14 heteroatoms. The van der Waals surface area contributed by atoms with Crippen molar-refractivity contribution >= 4 is 0 Å². The molecule has 2 aromatic carbocycles. The second-order valence-corrected chi connectivity index (χ2v) is 12.0. The van der Waals surface area contributed by atoms with Crippen molar-refractivity contribution < 1.29 is 59.8 Å². The Morgan fingerprint density at radius 1 is 0.739 bits per heavy atom. The maximum atomic E-state index is 10.8. The van der Waals surface area contributed by atoms with E-state index in [1.54, 1.807) is 50.4 Å². The number of benzene rings is 2. The van der Waals surface area contributed by atoms with E-state index in [-0.39, 0.29) is 5.75 Å². The summed E-state index contributed by atoms with van der Waals surface area (Å²) in [6.07, 6.45) is -10.1. The van der Waals surface area contributed by atoms with E-state index in [0.717, 1.165) is 16.7 Å². The maximum Gasteiger partial charge on any atom is 0.245 e. The largest absolute Gasteiger partial charge is 0.461 e. The summed E-state index contributed by atoms with van der Waals surface area (Å²) in [7, 11) is 0. The lowest BCUT2D eigenvalue weighted by atomic mass is 9.88. The average molecular weight is 645 g/mol. The van der Waals surface area contributed by atoms with Gasteiger partial charge in [0, 0.05) is 11.8 Å². The van der Waals surface area contributed by atoms with Crippen LogP contribution in [0.25, 0.3) is 22.4 Å². The Kier molecular flexibility index (Phi) is 9.71. The molecule has 0 spiro atoms. The van der Waals surface area contributed by atoms with Crippen LogP contribution in [0.5, 0.6) is 11.5 Å². The number of aromatic nitrogens is 1. The molecule has 2 aliphatic rings. The van der Waals surface area contributed by atoms with Crippen LogP contribution >= 0.6 is 0 Å². The number of hydrogen-bond donors (Lipinski definition) is 9. The number of aryl methyl sites for hydroxylation is 2. The predicted octanol–water partition coefficient (Wildman–Crippen LogP) is -0.934. The summed E-state index contributed by atoms with van der Waals surface area (Å²) >= 11 is 0. The Labute approximate surface area is 264 Å². The summed E-state index contributed by atoms with van der Waals surface area (Å²) in [5.74, 6) is 0.655. The van der Waals surface area contributed by atoms with Gasteiger partial charge in [0.15, 0.2) is 5.60 Å². The lowest BCUT2D eigenvalue weighted by Gasteiger charge is -2.45. The van der Waals surface area contributed by atoms with Crippen molar-refractivity contribution in [3.8, 4) is 33.9 Å². The molecular formula is C32H40N2O12. The Morgan fingerprint density at radius 3 is 1.83 bits per heavy atom. The minimum atomic E-state index is -2.45. The normalized spacial score (nSPS) is 34.7. The highest BCUT2D eigenvalue weighted by Crippen LogP contribution is 2.36. The number of aliphatic hydroxyl groups is 8. The van der Waals surface area contributed by atoms with Crippen molar-refractivity contribution in [3.05, 3.63) is 65.9 Å². The summed E-state index contributed by atoms with van der Waals surface area (Å²) in [6, 6.07) is 14.3. The molecule has 0 bridgehead atoms. The molecule has 0 saturated carbocycles. The summed E-state index contributed by atoms with van der Waals surface area (Å²) in [4.78, 5) is 4.50. The Bertz CT molecular complexity index is 1430. The van der Waals surface area contributed by atoms with Crippen molar-refractivity contribution in [2.75, 3.05) is 13.2 Å². The SMILES string of the molecule is Cc1cc(-c2ccnc(-c3ccc(O[C@H]4O[C@H](CO)[C@@H](O)[C@H](O)[C@]4(N)O)c(C)c3)c2)ccc1O[C@H]1O[C@H](CO)[C@@H](O)[C@H](O)[C@]1(C)O. The Hall–Kier alpha value is -3.25. The van der Waals surface area contributed by atoms with Crippen LogP contribution in [0.15, 0.2) is 54.7 Å². The summed E-state index contributed by atoms with van der Waals surface area (Å²) in [6.45, 7) is 3.65. The lowest BCUT2D eigenvalue weighted by Crippen LogP contribution is -2.72. The molecule has 1 aromatic heterocycles. The molecule has 250 valence electrons. The molecule has 46 heavy (non-hydrogen) atoms. The maximum absolute atomic E-state index is 10.8. The van der Waals surface area contributed by atoms with E-state index in [1.807, 2.05) is 18.2 Å². The molecule has 0 unspecified atom stereocenters. The first-order chi connectivity index (χ1) is 21.7. The van der Waals surface area contributed by atoms with Gasteiger partial charge in [-0.25, -0.2) is 0 Å². The van der Waals surface area contributed by atoms with Gasteiger partial charge in [-0.3, -0.25) is 10.7 Å². The summed E-state index contributed by atoms with van der Waals surface area (Å²) in [5.41, 5.74) is 5.80. The quantitative estimate of drug-likeness (QED) is 0.135. The zero-order valence-electron chi connectivity index (χ0n) is 25.5. The number of ether oxygens (including phenoxy) is 4. The molecule has 5 rings (SSSR count). The Morgan fingerprint density at radius 2 is 1.24 bits per heavy atom. The standard InChI is InChI=1S/C32H40N2O12/c1-15-10-17(4-6-21(15)43-29-31(3,41)27(39)25(37)23(13-35)45-29)18-8-9-34-20(12-18)19-5-7-22(16(2)11-19)44-30-32(33,42)28(40)26(38)24(14-36)46-30/h4-12,23-30,35-42H,13-14,33H2,1-3H3/t23-,24-,25-,26-,27+,28+,29+,30+,31+,32+/m1/s1. The van der Waals surface area contributed by atoms with Gasteiger partial charge in [0.25, 0.3) is 0 Å². The zero-order valence-corrected chi connectivity index (χ0v) is 25.5. The molecule has 10 N–H and O–H groups in total. The average Bonchev–Trinajstić information content (AvgIpc) is 3.03. The van der Waals surface area contributed by atoms with Crippen LogP contribution in [-0.2, 0) is 9.47 Å². The summed E-state index contributed by atoms with van der Waals surface area (Å²) in [5, 5.41) is 81.1. The monoisotopic (exact) mass is 644 g/mol. The molecule has 14 nitrogen and oxygen atoms in total. The molecule has 0 amide bonds. The summed E-state index contributed by atoms with van der Waals surface area (Å²) < 4.78 is 22.7. The van der Waals surface area contributed by atoms with Crippen molar-refractivity contribution in [2.45, 2.75) is 81.3 Å². The van der Waals surface area contributed by atoms with E-state index in [0.29, 0.717) is 22.6 Å². The molecule has 2 fully saturated rings. The third-order valence-electron chi connectivity index (χ3n) is 8.50. The number of pyridine rings is 1.